The van der Waals surface area contributed by atoms with Crippen LogP contribution in [0.4, 0.5) is 0 Å². The Morgan fingerprint density at radius 2 is 2.31 bits per heavy atom. The fourth-order valence-electron chi connectivity index (χ4n) is 1.03. The van der Waals surface area contributed by atoms with Crippen LogP contribution in [0.1, 0.15) is 23.8 Å². The van der Waals surface area contributed by atoms with Crippen molar-refractivity contribution in [3.05, 3.63) is 24.3 Å². The number of amides is 1. The largest absolute Gasteiger partial charge is 0.466 e. The Balaban J connectivity index is 2.29. The van der Waals surface area contributed by atoms with E-state index in [4.69, 9.17) is 4.74 Å². The third-order valence-electron chi connectivity index (χ3n) is 1.73. The van der Waals surface area contributed by atoms with E-state index in [0.29, 0.717) is 6.61 Å². The number of nitrogens with zero attached hydrogens (tertiary/aromatic N) is 2. The number of hydrogen-bond donors (Lipinski definition) is 1. The van der Waals surface area contributed by atoms with Gasteiger partial charge in [0, 0.05) is 12.7 Å². The molecule has 1 amide bonds. The molecule has 0 radical (unpaired) electrons. The van der Waals surface area contributed by atoms with Crippen molar-refractivity contribution in [1.29, 1.82) is 0 Å². The van der Waals surface area contributed by atoms with Gasteiger partial charge in [-0.1, -0.05) is 0 Å². The molecular formula is C10H13N3O3. The SMILES string of the molecule is CCOC(=O)CCNC(=O)c1ccncn1. The van der Waals surface area contributed by atoms with Crippen molar-refractivity contribution in [2.45, 2.75) is 13.3 Å². The maximum absolute atomic E-state index is 11.4. The predicted octanol–water partition coefficient (Wildman–Crippen LogP) is 0.160. The second kappa shape index (κ2) is 6.49. The van der Waals surface area contributed by atoms with Crippen LogP contribution in [0.15, 0.2) is 18.6 Å². The highest BCUT2D eigenvalue weighted by Crippen LogP contribution is 1.91. The molecular weight excluding hydrogens is 210 g/mol. The molecule has 0 aromatic carbocycles. The van der Waals surface area contributed by atoms with Crippen molar-refractivity contribution in [3.8, 4) is 0 Å². The lowest BCUT2D eigenvalue weighted by molar-refractivity contribution is -0.142. The zero-order chi connectivity index (χ0) is 11.8. The zero-order valence-electron chi connectivity index (χ0n) is 8.97. The highest BCUT2D eigenvalue weighted by atomic mass is 16.5. The van der Waals surface area contributed by atoms with Crippen LogP contribution in [0.5, 0.6) is 0 Å². The zero-order valence-corrected chi connectivity index (χ0v) is 8.97. The van der Waals surface area contributed by atoms with Gasteiger partial charge in [-0.05, 0) is 13.0 Å². The third kappa shape index (κ3) is 4.04. The summed E-state index contributed by atoms with van der Waals surface area (Å²) >= 11 is 0. The van der Waals surface area contributed by atoms with Crippen LogP contribution >= 0.6 is 0 Å². The second-order valence-corrected chi connectivity index (χ2v) is 2.91. The molecule has 6 heteroatoms. The van der Waals surface area contributed by atoms with Gasteiger partial charge in [-0.3, -0.25) is 9.59 Å². The normalized spacial score (nSPS) is 9.56. The molecule has 0 aliphatic carbocycles. The van der Waals surface area contributed by atoms with Crippen molar-refractivity contribution in [3.63, 3.8) is 0 Å². The molecule has 86 valence electrons. The number of rotatable bonds is 5. The smallest absolute Gasteiger partial charge is 0.307 e. The van der Waals surface area contributed by atoms with Gasteiger partial charge in [0.05, 0.1) is 13.0 Å². The maximum atomic E-state index is 11.4. The summed E-state index contributed by atoms with van der Waals surface area (Å²) in [7, 11) is 0. The fraction of sp³-hybridized carbons (Fsp3) is 0.400. The summed E-state index contributed by atoms with van der Waals surface area (Å²) in [6.07, 6.45) is 2.93. The van der Waals surface area contributed by atoms with E-state index in [-0.39, 0.29) is 30.5 Å². The molecule has 1 aromatic rings. The van der Waals surface area contributed by atoms with Gasteiger partial charge in [-0.2, -0.15) is 0 Å². The molecule has 0 fully saturated rings. The Hall–Kier alpha value is -1.98. The summed E-state index contributed by atoms with van der Waals surface area (Å²) in [6.45, 7) is 2.32. The highest BCUT2D eigenvalue weighted by Gasteiger charge is 2.07. The molecule has 0 saturated heterocycles. The van der Waals surface area contributed by atoms with Gasteiger partial charge in [0.25, 0.3) is 5.91 Å². The number of esters is 1. The summed E-state index contributed by atoms with van der Waals surface area (Å²) < 4.78 is 4.71. The predicted molar refractivity (Wildman–Crippen MR) is 55.6 cm³/mol. The maximum Gasteiger partial charge on any atom is 0.307 e. The van der Waals surface area contributed by atoms with Crippen LogP contribution in [-0.2, 0) is 9.53 Å². The highest BCUT2D eigenvalue weighted by molar-refractivity contribution is 5.92. The Morgan fingerprint density at radius 1 is 1.50 bits per heavy atom. The minimum absolute atomic E-state index is 0.157. The third-order valence-corrected chi connectivity index (χ3v) is 1.73. The van der Waals surface area contributed by atoms with Crippen LogP contribution in [0, 0.1) is 0 Å². The quantitative estimate of drug-likeness (QED) is 0.719. The summed E-state index contributed by atoms with van der Waals surface area (Å²) in [5.74, 6) is -0.655. The van der Waals surface area contributed by atoms with E-state index in [2.05, 4.69) is 15.3 Å². The minimum atomic E-state index is -0.328. The topological polar surface area (TPSA) is 81.2 Å². The van der Waals surface area contributed by atoms with Gasteiger partial charge in [0.15, 0.2) is 0 Å². The summed E-state index contributed by atoms with van der Waals surface area (Å²) in [5, 5.41) is 2.56. The van der Waals surface area contributed by atoms with Gasteiger partial charge < -0.3 is 10.1 Å². The monoisotopic (exact) mass is 223 g/mol. The molecule has 16 heavy (non-hydrogen) atoms. The van der Waals surface area contributed by atoms with Crippen molar-refractivity contribution in [2.24, 2.45) is 0 Å². The number of hydrogen-bond acceptors (Lipinski definition) is 5. The molecule has 0 unspecified atom stereocenters. The summed E-state index contributed by atoms with van der Waals surface area (Å²) in [5.41, 5.74) is 0.277. The molecule has 0 atom stereocenters. The van der Waals surface area contributed by atoms with Gasteiger partial charge in [-0.25, -0.2) is 9.97 Å². The summed E-state index contributed by atoms with van der Waals surface area (Å²) in [6, 6.07) is 1.50. The molecule has 0 bridgehead atoms. The van der Waals surface area contributed by atoms with E-state index < -0.39 is 0 Å². The van der Waals surface area contributed by atoms with Crippen molar-refractivity contribution in [2.75, 3.05) is 13.2 Å². The van der Waals surface area contributed by atoms with Crippen LogP contribution in [0.2, 0.25) is 0 Å². The van der Waals surface area contributed by atoms with Crippen LogP contribution in [0.3, 0.4) is 0 Å². The van der Waals surface area contributed by atoms with Crippen LogP contribution in [0.25, 0.3) is 0 Å². The first-order chi connectivity index (χ1) is 7.74. The number of ether oxygens (including phenoxy) is 1. The van der Waals surface area contributed by atoms with Crippen LogP contribution < -0.4 is 5.32 Å². The standard InChI is InChI=1S/C10H13N3O3/c1-2-16-9(14)4-6-12-10(15)8-3-5-11-7-13-8/h3,5,7H,2,4,6H2,1H3,(H,12,15). The van der Waals surface area contributed by atoms with E-state index in [9.17, 15) is 9.59 Å². The Morgan fingerprint density at radius 3 is 2.94 bits per heavy atom. The molecule has 1 N–H and O–H groups in total. The molecule has 0 aliphatic rings. The number of aromatic nitrogens is 2. The van der Waals surface area contributed by atoms with Crippen molar-refractivity contribution in [1.82, 2.24) is 15.3 Å². The average molecular weight is 223 g/mol. The molecule has 1 aromatic heterocycles. The second-order valence-electron chi connectivity index (χ2n) is 2.91. The minimum Gasteiger partial charge on any atom is -0.466 e. The number of carbonyl (C=O) groups excluding carboxylic acids is 2. The van der Waals surface area contributed by atoms with E-state index >= 15 is 0 Å². The molecule has 6 nitrogen and oxygen atoms in total. The lowest BCUT2D eigenvalue weighted by Gasteiger charge is -2.03. The van der Waals surface area contributed by atoms with Crippen LogP contribution in [-0.4, -0.2) is 35.0 Å². The first-order valence-electron chi connectivity index (χ1n) is 4.94. The van der Waals surface area contributed by atoms with E-state index in [1.807, 2.05) is 0 Å². The fourth-order valence-corrected chi connectivity index (χ4v) is 1.03. The van der Waals surface area contributed by atoms with Crippen molar-refractivity contribution < 1.29 is 14.3 Å². The van der Waals surface area contributed by atoms with Gasteiger partial charge >= 0.3 is 5.97 Å². The Kier molecular flexibility index (Phi) is 4.91. The molecule has 1 heterocycles. The number of nitrogens with one attached hydrogen (secondary N) is 1. The first kappa shape index (κ1) is 12.1. The van der Waals surface area contributed by atoms with Gasteiger partial charge in [-0.15, -0.1) is 0 Å². The lowest BCUT2D eigenvalue weighted by atomic mass is 10.3. The van der Waals surface area contributed by atoms with Gasteiger partial charge in [0.1, 0.15) is 12.0 Å². The Labute approximate surface area is 93.0 Å². The number of carbonyl (C=O) groups is 2. The van der Waals surface area contributed by atoms with E-state index in [0.717, 1.165) is 0 Å². The van der Waals surface area contributed by atoms with E-state index in [1.165, 1.54) is 18.6 Å². The molecule has 0 spiro atoms. The van der Waals surface area contributed by atoms with Gasteiger partial charge in [0.2, 0.25) is 0 Å². The van der Waals surface area contributed by atoms with Crippen molar-refractivity contribution >= 4 is 11.9 Å². The molecule has 0 saturated carbocycles. The molecule has 0 aliphatic heterocycles. The van der Waals surface area contributed by atoms with E-state index in [1.54, 1.807) is 6.92 Å². The Bertz CT molecular complexity index is 354. The average Bonchev–Trinajstić information content (AvgIpc) is 2.30. The molecule has 1 rings (SSSR count). The lowest BCUT2D eigenvalue weighted by Crippen LogP contribution is -2.27. The first-order valence-corrected chi connectivity index (χ1v) is 4.94. The summed E-state index contributed by atoms with van der Waals surface area (Å²) in [4.78, 5) is 29.9.